The minimum Gasteiger partial charge on any atom is -0.384 e. The third kappa shape index (κ3) is 4.18. The van der Waals surface area contributed by atoms with Gasteiger partial charge in [-0.15, -0.1) is 10.2 Å². The number of aromatic nitrogens is 3. The van der Waals surface area contributed by atoms with Crippen LogP contribution >= 0.6 is 0 Å². The summed E-state index contributed by atoms with van der Waals surface area (Å²) in [6.07, 6.45) is 1.92. The third-order valence-corrected chi connectivity index (χ3v) is 4.10. The number of benzene rings is 1. The molecule has 3 aromatic rings. The Morgan fingerprint density at radius 3 is 2.65 bits per heavy atom. The van der Waals surface area contributed by atoms with Crippen LogP contribution in [0.15, 0.2) is 59.7 Å². The molecule has 26 heavy (non-hydrogen) atoms. The SMILES string of the molecule is CCNC(=NCc1nnc2ccccn12)NCC(C)(O)c1ccccc1. The Balaban J connectivity index is 1.69. The van der Waals surface area contributed by atoms with Crippen molar-refractivity contribution in [3.63, 3.8) is 0 Å². The lowest BCUT2D eigenvalue weighted by molar-refractivity contribution is 0.0617. The van der Waals surface area contributed by atoms with Crippen molar-refractivity contribution in [3.05, 3.63) is 66.1 Å². The van der Waals surface area contributed by atoms with Crippen molar-refractivity contribution in [2.45, 2.75) is 26.0 Å². The minimum atomic E-state index is -1.00. The van der Waals surface area contributed by atoms with Gasteiger partial charge in [0, 0.05) is 12.7 Å². The lowest BCUT2D eigenvalue weighted by Gasteiger charge is -2.25. The maximum atomic E-state index is 10.7. The average Bonchev–Trinajstić information content (AvgIpc) is 3.08. The molecule has 0 bridgehead atoms. The van der Waals surface area contributed by atoms with Gasteiger partial charge in [0.25, 0.3) is 0 Å². The number of hydrogen-bond acceptors (Lipinski definition) is 4. The third-order valence-electron chi connectivity index (χ3n) is 4.10. The van der Waals surface area contributed by atoms with Gasteiger partial charge in [0.1, 0.15) is 12.1 Å². The van der Waals surface area contributed by atoms with Crippen molar-refractivity contribution in [1.82, 2.24) is 25.2 Å². The normalized spacial score (nSPS) is 14.2. The molecule has 0 fully saturated rings. The molecule has 7 heteroatoms. The Labute approximate surface area is 152 Å². The Morgan fingerprint density at radius 2 is 1.88 bits per heavy atom. The molecule has 1 atom stereocenters. The van der Waals surface area contributed by atoms with E-state index in [2.05, 4.69) is 25.8 Å². The Kier molecular flexibility index (Phi) is 5.48. The smallest absolute Gasteiger partial charge is 0.191 e. The van der Waals surface area contributed by atoms with Gasteiger partial charge < -0.3 is 15.7 Å². The molecule has 0 spiro atoms. The number of aliphatic hydroxyl groups is 1. The van der Waals surface area contributed by atoms with Crippen molar-refractivity contribution in [2.24, 2.45) is 4.99 Å². The first kappa shape index (κ1) is 17.9. The molecule has 1 aromatic carbocycles. The van der Waals surface area contributed by atoms with Crippen LogP contribution < -0.4 is 10.6 Å². The van der Waals surface area contributed by atoms with Crippen molar-refractivity contribution < 1.29 is 5.11 Å². The summed E-state index contributed by atoms with van der Waals surface area (Å²) in [6, 6.07) is 15.3. The summed E-state index contributed by atoms with van der Waals surface area (Å²) >= 11 is 0. The first-order valence-electron chi connectivity index (χ1n) is 8.69. The average molecular weight is 352 g/mol. The zero-order chi connectivity index (χ0) is 18.4. The molecule has 7 nitrogen and oxygen atoms in total. The van der Waals surface area contributed by atoms with Gasteiger partial charge in [0.15, 0.2) is 17.4 Å². The Hall–Kier alpha value is -2.93. The summed E-state index contributed by atoms with van der Waals surface area (Å²) in [7, 11) is 0. The van der Waals surface area contributed by atoms with E-state index in [1.165, 1.54) is 0 Å². The van der Waals surface area contributed by atoms with Crippen LogP contribution in [0.4, 0.5) is 0 Å². The van der Waals surface area contributed by atoms with Crippen LogP contribution in [0.1, 0.15) is 25.2 Å². The number of rotatable bonds is 6. The molecule has 3 N–H and O–H groups in total. The lowest BCUT2D eigenvalue weighted by Crippen LogP contribution is -2.44. The number of fused-ring (bicyclic) bond motifs is 1. The molecule has 0 aliphatic rings. The van der Waals surface area contributed by atoms with Gasteiger partial charge in [-0.3, -0.25) is 4.40 Å². The van der Waals surface area contributed by atoms with E-state index in [1.807, 2.05) is 66.1 Å². The van der Waals surface area contributed by atoms with E-state index >= 15 is 0 Å². The number of nitrogens with zero attached hydrogens (tertiary/aromatic N) is 4. The van der Waals surface area contributed by atoms with Gasteiger partial charge in [-0.2, -0.15) is 0 Å². The van der Waals surface area contributed by atoms with E-state index in [0.29, 0.717) is 19.0 Å². The number of nitrogens with one attached hydrogen (secondary N) is 2. The van der Waals surface area contributed by atoms with Gasteiger partial charge in [0.05, 0.1) is 6.54 Å². The van der Waals surface area contributed by atoms with Gasteiger partial charge >= 0.3 is 0 Å². The quantitative estimate of drug-likeness (QED) is 0.464. The van der Waals surface area contributed by atoms with Crippen LogP contribution in [0.3, 0.4) is 0 Å². The molecule has 0 aliphatic carbocycles. The zero-order valence-electron chi connectivity index (χ0n) is 15.1. The Bertz CT molecular complexity index is 872. The van der Waals surface area contributed by atoms with Crippen LogP contribution in [-0.4, -0.2) is 38.8 Å². The highest BCUT2D eigenvalue weighted by atomic mass is 16.3. The van der Waals surface area contributed by atoms with Crippen LogP contribution in [-0.2, 0) is 12.1 Å². The minimum absolute atomic E-state index is 0.337. The van der Waals surface area contributed by atoms with Gasteiger partial charge in [-0.1, -0.05) is 36.4 Å². The predicted molar refractivity (Wildman–Crippen MR) is 102 cm³/mol. The molecule has 2 heterocycles. The molecule has 0 aliphatic heterocycles. The van der Waals surface area contributed by atoms with Crippen LogP contribution in [0.5, 0.6) is 0 Å². The van der Waals surface area contributed by atoms with Gasteiger partial charge in [-0.25, -0.2) is 4.99 Å². The second kappa shape index (κ2) is 7.97. The number of pyridine rings is 1. The van der Waals surface area contributed by atoms with E-state index in [-0.39, 0.29) is 0 Å². The van der Waals surface area contributed by atoms with E-state index in [4.69, 9.17) is 0 Å². The van der Waals surface area contributed by atoms with E-state index in [0.717, 1.165) is 23.6 Å². The standard InChI is InChI=1S/C19H24N6O/c1-3-20-18(22-14-19(2,26)15-9-5-4-6-10-15)21-13-17-24-23-16-11-7-8-12-25(16)17/h4-12,26H,3,13-14H2,1-2H3,(H2,20,21,22). The number of hydrogen-bond donors (Lipinski definition) is 3. The molecular formula is C19H24N6O. The molecule has 136 valence electrons. The van der Waals surface area contributed by atoms with Crippen molar-refractivity contribution >= 4 is 11.6 Å². The highest BCUT2D eigenvalue weighted by Gasteiger charge is 2.23. The van der Waals surface area contributed by atoms with Crippen LogP contribution in [0, 0.1) is 0 Å². The lowest BCUT2D eigenvalue weighted by atomic mass is 9.96. The monoisotopic (exact) mass is 352 g/mol. The first-order chi connectivity index (χ1) is 12.6. The van der Waals surface area contributed by atoms with E-state index in [9.17, 15) is 5.11 Å². The molecule has 0 saturated carbocycles. The second-order valence-corrected chi connectivity index (χ2v) is 6.23. The Morgan fingerprint density at radius 1 is 1.12 bits per heavy atom. The molecule has 2 aromatic heterocycles. The number of guanidine groups is 1. The molecule has 0 radical (unpaired) electrons. The summed E-state index contributed by atoms with van der Waals surface area (Å²) in [6.45, 7) is 5.22. The molecule has 1 unspecified atom stereocenters. The summed E-state index contributed by atoms with van der Waals surface area (Å²) in [5.74, 6) is 1.38. The van der Waals surface area contributed by atoms with Crippen LogP contribution in [0.2, 0.25) is 0 Å². The fourth-order valence-electron chi connectivity index (χ4n) is 2.65. The summed E-state index contributed by atoms with van der Waals surface area (Å²) in [5.41, 5.74) is 0.647. The van der Waals surface area contributed by atoms with E-state index in [1.54, 1.807) is 6.92 Å². The zero-order valence-corrected chi connectivity index (χ0v) is 15.1. The van der Waals surface area contributed by atoms with Crippen molar-refractivity contribution in [3.8, 4) is 0 Å². The topological polar surface area (TPSA) is 86.8 Å². The summed E-state index contributed by atoms with van der Waals surface area (Å²) in [4.78, 5) is 4.56. The fourth-order valence-corrected chi connectivity index (χ4v) is 2.65. The maximum absolute atomic E-state index is 10.7. The summed E-state index contributed by atoms with van der Waals surface area (Å²) < 4.78 is 1.91. The first-order valence-corrected chi connectivity index (χ1v) is 8.69. The van der Waals surface area contributed by atoms with Crippen molar-refractivity contribution in [1.29, 1.82) is 0 Å². The largest absolute Gasteiger partial charge is 0.384 e. The highest BCUT2D eigenvalue weighted by Crippen LogP contribution is 2.18. The van der Waals surface area contributed by atoms with Crippen LogP contribution in [0.25, 0.3) is 5.65 Å². The fraction of sp³-hybridized carbons (Fsp3) is 0.316. The molecule has 0 amide bonds. The van der Waals surface area contributed by atoms with Gasteiger partial charge in [0.2, 0.25) is 0 Å². The maximum Gasteiger partial charge on any atom is 0.191 e. The molecular weight excluding hydrogens is 328 g/mol. The molecule has 3 rings (SSSR count). The van der Waals surface area contributed by atoms with Gasteiger partial charge in [-0.05, 0) is 31.5 Å². The molecule has 0 saturated heterocycles. The van der Waals surface area contributed by atoms with Crippen molar-refractivity contribution in [2.75, 3.05) is 13.1 Å². The van der Waals surface area contributed by atoms with E-state index < -0.39 is 5.60 Å². The number of aliphatic imine (C=N–C) groups is 1. The highest BCUT2D eigenvalue weighted by molar-refractivity contribution is 5.79. The second-order valence-electron chi connectivity index (χ2n) is 6.23. The summed E-state index contributed by atoms with van der Waals surface area (Å²) in [5, 5.41) is 25.4. The predicted octanol–water partition coefficient (Wildman–Crippen LogP) is 1.69.